The highest BCUT2D eigenvalue weighted by molar-refractivity contribution is 5.87. The normalized spacial score (nSPS) is 12.3. The van der Waals surface area contributed by atoms with Gasteiger partial charge in [-0.15, -0.1) is 0 Å². The third-order valence-electron chi connectivity index (χ3n) is 3.24. The van der Waals surface area contributed by atoms with E-state index in [1.807, 2.05) is 13.8 Å². The van der Waals surface area contributed by atoms with E-state index in [1.165, 1.54) is 25.5 Å². The fourth-order valence-corrected chi connectivity index (χ4v) is 2.20. The van der Waals surface area contributed by atoms with Crippen molar-refractivity contribution >= 4 is 17.4 Å². The Bertz CT molecular complexity index is 577. The van der Waals surface area contributed by atoms with E-state index >= 15 is 0 Å². The Kier molecular flexibility index (Phi) is 5.17. The first kappa shape index (κ1) is 16.8. The van der Waals surface area contributed by atoms with Gasteiger partial charge in [-0.3, -0.25) is 24.4 Å². The molecule has 0 saturated carbocycles. The van der Waals surface area contributed by atoms with Crippen LogP contribution < -0.4 is 5.32 Å². The van der Waals surface area contributed by atoms with Gasteiger partial charge in [0, 0.05) is 0 Å². The molecule has 0 radical (unpaired) electrons. The van der Waals surface area contributed by atoms with Crippen molar-refractivity contribution in [3.05, 3.63) is 21.5 Å². The van der Waals surface area contributed by atoms with Crippen molar-refractivity contribution in [2.45, 2.75) is 47.2 Å². The molecule has 1 N–H and O–H groups in total. The number of nitro groups is 1. The van der Waals surface area contributed by atoms with Crippen LogP contribution in [0.2, 0.25) is 0 Å². The standard InChI is InChI=1S/C13H20N4O4/c1-7(2)12(10(5)18)14-11(19)6-16-9(4)13(17(20)21)8(3)15-16/h7,12H,6H2,1-5H3,(H,14,19). The average Bonchev–Trinajstić information content (AvgIpc) is 2.60. The van der Waals surface area contributed by atoms with Crippen LogP contribution in [0.25, 0.3) is 0 Å². The van der Waals surface area contributed by atoms with Crippen LogP contribution in [-0.2, 0) is 16.1 Å². The predicted octanol–water partition coefficient (Wildman–Crippen LogP) is 1.14. The Morgan fingerprint density at radius 3 is 2.33 bits per heavy atom. The fraction of sp³-hybridized carbons (Fsp3) is 0.615. The van der Waals surface area contributed by atoms with E-state index in [-0.39, 0.29) is 29.6 Å². The first-order chi connectivity index (χ1) is 9.65. The summed E-state index contributed by atoms with van der Waals surface area (Å²) in [5.41, 5.74) is 0.489. The summed E-state index contributed by atoms with van der Waals surface area (Å²) >= 11 is 0. The van der Waals surface area contributed by atoms with Crippen LogP contribution in [0.5, 0.6) is 0 Å². The second-order valence-corrected chi connectivity index (χ2v) is 5.33. The first-order valence-corrected chi connectivity index (χ1v) is 6.63. The van der Waals surface area contributed by atoms with Crippen molar-refractivity contribution < 1.29 is 14.5 Å². The quantitative estimate of drug-likeness (QED) is 0.625. The number of rotatable bonds is 6. The number of hydrogen-bond acceptors (Lipinski definition) is 5. The molecule has 1 aromatic heterocycles. The Hall–Kier alpha value is -2.25. The minimum atomic E-state index is -0.565. The van der Waals surface area contributed by atoms with E-state index in [2.05, 4.69) is 10.4 Å². The van der Waals surface area contributed by atoms with Crippen LogP contribution >= 0.6 is 0 Å². The summed E-state index contributed by atoms with van der Waals surface area (Å²) < 4.78 is 1.28. The maximum atomic E-state index is 12.0. The summed E-state index contributed by atoms with van der Waals surface area (Å²) in [5, 5.41) is 17.5. The number of carbonyl (C=O) groups is 2. The van der Waals surface area contributed by atoms with Crippen LogP contribution in [-0.4, -0.2) is 32.4 Å². The highest BCUT2D eigenvalue weighted by Crippen LogP contribution is 2.21. The Morgan fingerprint density at radius 1 is 1.38 bits per heavy atom. The second-order valence-electron chi connectivity index (χ2n) is 5.33. The lowest BCUT2D eigenvalue weighted by Gasteiger charge is -2.19. The highest BCUT2D eigenvalue weighted by atomic mass is 16.6. The van der Waals surface area contributed by atoms with E-state index in [0.29, 0.717) is 5.69 Å². The fourth-order valence-electron chi connectivity index (χ4n) is 2.20. The SMILES string of the molecule is CC(=O)C(NC(=O)Cn1nc(C)c([N+](=O)[O-])c1C)C(C)C. The Balaban J connectivity index is 2.87. The molecule has 0 saturated heterocycles. The minimum absolute atomic E-state index is 0.0266. The molecule has 0 aliphatic rings. The third-order valence-corrected chi connectivity index (χ3v) is 3.24. The van der Waals surface area contributed by atoms with Gasteiger partial charge in [0.2, 0.25) is 5.91 Å². The molecule has 1 aromatic rings. The molecule has 0 bridgehead atoms. The van der Waals surface area contributed by atoms with Gasteiger partial charge >= 0.3 is 5.69 Å². The topological polar surface area (TPSA) is 107 Å². The van der Waals surface area contributed by atoms with Crippen molar-refractivity contribution in [3.8, 4) is 0 Å². The van der Waals surface area contributed by atoms with Crippen molar-refractivity contribution in [2.24, 2.45) is 5.92 Å². The van der Waals surface area contributed by atoms with Gasteiger partial charge in [-0.25, -0.2) is 0 Å². The molecule has 0 fully saturated rings. The number of aryl methyl sites for hydroxylation is 1. The van der Waals surface area contributed by atoms with Crippen LogP contribution in [0.4, 0.5) is 5.69 Å². The number of ketones is 1. The average molecular weight is 296 g/mol. The summed E-state index contributed by atoms with van der Waals surface area (Å²) in [6.45, 7) is 7.99. The lowest BCUT2D eigenvalue weighted by molar-refractivity contribution is -0.386. The molecule has 0 aliphatic carbocycles. The van der Waals surface area contributed by atoms with Gasteiger partial charge in [-0.05, 0) is 26.7 Å². The van der Waals surface area contributed by atoms with Gasteiger partial charge in [0.1, 0.15) is 17.9 Å². The van der Waals surface area contributed by atoms with Gasteiger partial charge in [0.15, 0.2) is 5.78 Å². The molecule has 21 heavy (non-hydrogen) atoms. The number of amides is 1. The lowest BCUT2D eigenvalue weighted by Crippen LogP contribution is -2.44. The first-order valence-electron chi connectivity index (χ1n) is 6.63. The third kappa shape index (κ3) is 3.87. The molecule has 1 heterocycles. The predicted molar refractivity (Wildman–Crippen MR) is 75.8 cm³/mol. The largest absolute Gasteiger partial charge is 0.344 e. The molecule has 8 heteroatoms. The number of nitrogens with one attached hydrogen (secondary N) is 1. The van der Waals surface area contributed by atoms with Crippen molar-refractivity contribution in [1.29, 1.82) is 0 Å². The Morgan fingerprint density at radius 2 is 1.95 bits per heavy atom. The van der Waals surface area contributed by atoms with Crippen molar-refractivity contribution in [2.75, 3.05) is 0 Å². The van der Waals surface area contributed by atoms with E-state index < -0.39 is 16.9 Å². The molecule has 0 aliphatic heterocycles. The monoisotopic (exact) mass is 296 g/mol. The van der Waals surface area contributed by atoms with Crippen LogP contribution in [0, 0.1) is 29.9 Å². The molecule has 116 valence electrons. The van der Waals surface area contributed by atoms with E-state index in [4.69, 9.17) is 0 Å². The van der Waals surface area contributed by atoms with Gasteiger partial charge in [0.05, 0.1) is 11.0 Å². The number of hydrogen-bond donors (Lipinski definition) is 1. The van der Waals surface area contributed by atoms with E-state index in [9.17, 15) is 19.7 Å². The highest BCUT2D eigenvalue weighted by Gasteiger charge is 2.25. The summed E-state index contributed by atoms with van der Waals surface area (Å²) in [5.74, 6) is -0.552. The number of nitrogens with zero attached hydrogens (tertiary/aromatic N) is 3. The maximum absolute atomic E-state index is 12.0. The van der Waals surface area contributed by atoms with Gasteiger partial charge in [-0.1, -0.05) is 13.8 Å². The molecule has 1 unspecified atom stereocenters. The zero-order valence-corrected chi connectivity index (χ0v) is 12.8. The van der Waals surface area contributed by atoms with E-state index in [0.717, 1.165) is 0 Å². The summed E-state index contributed by atoms with van der Waals surface area (Å²) in [7, 11) is 0. The minimum Gasteiger partial charge on any atom is -0.344 e. The van der Waals surface area contributed by atoms with Crippen LogP contribution in [0.1, 0.15) is 32.2 Å². The smallest absolute Gasteiger partial charge is 0.312 e. The molecule has 1 atom stereocenters. The zero-order valence-electron chi connectivity index (χ0n) is 12.8. The van der Waals surface area contributed by atoms with Gasteiger partial charge in [0.25, 0.3) is 0 Å². The van der Waals surface area contributed by atoms with Crippen LogP contribution in [0.15, 0.2) is 0 Å². The molecular weight excluding hydrogens is 276 g/mol. The molecule has 0 spiro atoms. The van der Waals surface area contributed by atoms with Crippen molar-refractivity contribution in [3.63, 3.8) is 0 Å². The molecular formula is C13H20N4O4. The van der Waals surface area contributed by atoms with E-state index in [1.54, 1.807) is 0 Å². The zero-order chi connectivity index (χ0) is 16.3. The summed E-state index contributed by atoms with van der Waals surface area (Å²) in [6.07, 6.45) is 0. The summed E-state index contributed by atoms with van der Waals surface area (Å²) in [4.78, 5) is 33.8. The molecule has 0 aromatic carbocycles. The molecule has 8 nitrogen and oxygen atoms in total. The number of aromatic nitrogens is 2. The van der Waals surface area contributed by atoms with Gasteiger partial charge in [-0.2, -0.15) is 5.10 Å². The van der Waals surface area contributed by atoms with Gasteiger partial charge < -0.3 is 5.32 Å². The molecule has 1 rings (SSSR count). The number of Topliss-reactive ketones (excluding diaryl/α,β-unsaturated/α-hetero) is 1. The lowest BCUT2D eigenvalue weighted by atomic mass is 10.0. The second kappa shape index (κ2) is 6.47. The number of carbonyl (C=O) groups excluding carboxylic acids is 2. The Labute approximate surface area is 122 Å². The van der Waals surface area contributed by atoms with Crippen molar-refractivity contribution in [1.82, 2.24) is 15.1 Å². The molecule has 1 amide bonds. The van der Waals surface area contributed by atoms with Crippen LogP contribution in [0.3, 0.4) is 0 Å². The maximum Gasteiger partial charge on any atom is 0.312 e. The summed E-state index contributed by atoms with van der Waals surface area (Å²) in [6, 6.07) is -0.565.